The van der Waals surface area contributed by atoms with Crippen LogP contribution in [0.5, 0.6) is 0 Å². The van der Waals surface area contributed by atoms with Crippen LogP contribution in [0.4, 0.5) is 0 Å². The van der Waals surface area contributed by atoms with Crippen LogP contribution in [0, 0.1) is 0 Å². The van der Waals surface area contributed by atoms with Gasteiger partial charge >= 0.3 is 11.9 Å². The highest BCUT2D eigenvalue weighted by Crippen LogP contribution is 2.35. The molecule has 0 aromatic heterocycles. The predicted molar refractivity (Wildman–Crippen MR) is 115 cm³/mol. The van der Waals surface area contributed by atoms with Gasteiger partial charge in [0, 0.05) is 0 Å². The molecule has 0 spiro atoms. The maximum atomic E-state index is 12.2. The zero-order valence-electron chi connectivity index (χ0n) is 17.2. The van der Waals surface area contributed by atoms with Crippen LogP contribution in [0.1, 0.15) is 72.1 Å². The number of carbonyl (C=O) groups excluding carboxylic acids is 2. The average molecular weight is 405 g/mol. The van der Waals surface area contributed by atoms with E-state index in [1.54, 1.807) is 24.3 Å². The molecule has 2 aliphatic rings. The minimum absolute atomic E-state index is 0.00484. The first-order valence-corrected chi connectivity index (χ1v) is 10.9. The lowest BCUT2D eigenvalue weighted by Crippen LogP contribution is -2.24. The number of hydrogen-bond acceptors (Lipinski definition) is 4. The largest absolute Gasteiger partial charge is 0.459 e. The number of benzene rings is 2. The van der Waals surface area contributed by atoms with Gasteiger partial charge in [0.05, 0.1) is 11.1 Å². The Kier molecular flexibility index (Phi) is 6.63. The molecule has 30 heavy (non-hydrogen) atoms. The molecular formula is C26H28O4. The van der Waals surface area contributed by atoms with Gasteiger partial charge in [-0.25, -0.2) is 9.59 Å². The third-order valence-corrected chi connectivity index (χ3v) is 6.14. The summed E-state index contributed by atoms with van der Waals surface area (Å²) in [6.45, 7) is 0. The second-order valence-corrected chi connectivity index (χ2v) is 8.15. The summed E-state index contributed by atoms with van der Waals surface area (Å²) in [7, 11) is 0. The van der Waals surface area contributed by atoms with Gasteiger partial charge in [0.25, 0.3) is 0 Å². The molecule has 0 atom stereocenters. The molecule has 2 aromatic rings. The Hall–Kier alpha value is -2.88. The topological polar surface area (TPSA) is 52.6 Å². The van der Waals surface area contributed by atoms with E-state index in [0.29, 0.717) is 11.1 Å². The summed E-state index contributed by atoms with van der Waals surface area (Å²) in [6.07, 6.45) is 7.57. The van der Waals surface area contributed by atoms with E-state index in [-0.39, 0.29) is 24.1 Å². The van der Waals surface area contributed by atoms with Crippen molar-refractivity contribution in [2.45, 2.75) is 63.6 Å². The zero-order chi connectivity index (χ0) is 20.8. The van der Waals surface area contributed by atoms with Gasteiger partial charge in [0.1, 0.15) is 12.2 Å². The molecular weight excluding hydrogens is 376 g/mol. The lowest BCUT2D eigenvalue weighted by Gasteiger charge is -2.30. The lowest BCUT2D eigenvalue weighted by atomic mass is 9.82. The Balaban J connectivity index is 1.23. The first-order chi connectivity index (χ1) is 14.7. The highest BCUT2D eigenvalue weighted by molar-refractivity contribution is 5.89. The second kappa shape index (κ2) is 9.75. The second-order valence-electron chi connectivity index (χ2n) is 8.15. The summed E-state index contributed by atoms with van der Waals surface area (Å²) in [5.74, 6) is -0.449. The van der Waals surface area contributed by atoms with Gasteiger partial charge in [0.2, 0.25) is 0 Å². The van der Waals surface area contributed by atoms with E-state index in [2.05, 4.69) is 0 Å². The summed E-state index contributed by atoms with van der Waals surface area (Å²) in [5, 5.41) is 0. The van der Waals surface area contributed by atoms with Crippen LogP contribution in [0.2, 0.25) is 0 Å². The number of ether oxygens (including phenoxy) is 2. The van der Waals surface area contributed by atoms with Crippen molar-refractivity contribution in [3.05, 3.63) is 82.9 Å². The Morgan fingerprint density at radius 1 is 0.567 bits per heavy atom. The monoisotopic (exact) mass is 404 g/mol. The van der Waals surface area contributed by atoms with Gasteiger partial charge in [-0.15, -0.1) is 0 Å². The van der Waals surface area contributed by atoms with Crippen molar-refractivity contribution >= 4 is 11.9 Å². The minimum Gasteiger partial charge on any atom is -0.459 e. The Bertz CT molecular complexity index is 806. The van der Waals surface area contributed by atoms with E-state index in [1.165, 1.54) is 11.1 Å². The fourth-order valence-corrected chi connectivity index (χ4v) is 4.41. The fourth-order valence-electron chi connectivity index (χ4n) is 4.41. The molecule has 0 radical (unpaired) electrons. The highest BCUT2D eigenvalue weighted by Gasteiger charge is 2.26. The maximum absolute atomic E-state index is 12.2. The van der Waals surface area contributed by atoms with Crippen molar-refractivity contribution in [2.24, 2.45) is 0 Å². The van der Waals surface area contributed by atoms with Crippen LogP contribution in [0.25, 0.3) is 0 Å². The lowest BCUT2D eigenvalue weighted by molar-refractivity contribution is 0.0215. The van der Waals surface area contributed by atoms with Crippen molar-refractivity contribution in [1.29, 1.82) is 0 Å². The van der Waals surface area contributed by atoms with E-state index in [0.717, 1.165) is 51.4 Å². The number of allylic oxidation sites excluding steroid dienone is 2. The fraction of sp³-hybridized carbons (Fsp3) is 0.385. The van der Waals surface area contributed by atoms with Crippen LogP contribution >= 0.6 is 0 Å². The van der Waals surface area contributed by atoms with E-state index in [9.17, 15) is 9.59 Å². The summed E-state index contributed by atoms with van der Waals surface area (Å²) in [4.78, 5) is 24.5. The van der Waals surface area contributed by atoms with Crippen molar-refractivity contribution in [2.75, 3.05) is 0 Å². The molecule has 4 nitrogen and oxygen atoms in total. The van der Waals surface area contributed by atoms with Gasteiger partial charge in [-0.05, 0) is 75.6 Å². The molecule has 2 aromatic carbocycles. The van der Waals surface area contributed by atoms with Crippen LogP contribution in [0.15, 0.2) is 71.8 Å². The maximum Gasteiger partial charge on any atom is 0.338 e. The third-order valence-electron chi connectivity index (χ3n) is 6.14. The van der Waals surface area contributed by atoms with Crippen molar-refractivity contribution < 1.29 is 19.1 Å². The van der Waals surface area contributed by atoms with Crippen LogP contribution < -0.4 is 0 Å². The highest BCUT2D eigenvalue weighted by atomic mass is 16.5. The van der Waals surface area contributed by atoms with E-state index < -0.39 is 0 Å². The SMILES string of the molecule is O=C(OC1CCC(=C2CCC(OC(=O)c3ccccc3)CC2)CC1)c1ccccc1. The molecule has 4 rings (SSSR count). The molecule has 0 aliphatic heterocycles. The number of hydrogen-bond donors (Lipinski definition) is 0. The van der Waals surface area contributed by atoms with Crippen molar-refractivity contribution in [3.63, 3.8) is 0 Å². The molecule has 0 saturated heterocycles. The number of rotatable bonds is 4. The first-order valence-electron chi connectivity index (χ1n) is 10.9. The molecule has 4 heteroatoms. The van der Waals surface area contributed by atoms with Gasteiger partial charge in [0.15, 0.2) is 0 Å². The minimum atomic E-state index is -0.225. The van der Waals surface area contributed by atoms with E-state index in [1.807, 2.05) is 36.4 Å². The predicted octanol–water partition coefficient (Wildman–Crippen LogP) is 5.88. The smallest absolute Gasteiger partial charge is 0.338 e. The van der Waals surface area contributed by atoms with Crippen LogP contribution in [-0.2, 0) is 9.47 Å². The normalized spacial score (nSPS) is 21.7. The van der Waals surface area contributed by atoms with E-state index in [4.69, 9.17) is 9.47 Å². The quantitative estimate of drug-likeness (QED) is 0.471. The molecule has 2 saturated carbocycles. The molecule has 0 heterocycles. The standard InChI is InChI=1S/C26H28O4/c27-25(21-7-3-1-4-8-21)29-23-15-11-19(12-16-23)20-13-17-24(18-14-20)30-26(28)22-9-5-2-6-10-22/h1-10,23-24H,11-18H2. The Morgan fingerprint density at radius 2 is 0.900 bits per heavy atom. The van der Waals surface area contributed by atoms with Gasteiger partial charge in [-0.3, -0.25) is 0 Å². The number of carbonyl (C=O) groups is 2. The summed E-state index contributed by atoms with van der Waals surface area (Å²) in [5.41, 5.74) is 4.28. The van der Waals surface area contributed by atoms with Crippen LogP contribution in [0.3, 0.4) is 0 Å². The number of esters is 2. The first kappa shape index (κ1) is 20.4. The van der Waals surface area contributed by atoms with Gasteiger partial charge in [-0.2, -0.15) is 0 Å². The average Bonchev–Trinajstić information content (AvgIpc) is 2.81. The Labute approximate surface area is 177 Å². The molecule has 0 bridgehead atoms. The molecule has 156 valence electrons. The molecule has 2 aliphatic carbocycles. The summed E-state index contributed by atoms with van der Waals surface area (Å²) in [6, 6.07) is 18.4. The van der Waals surface area contributed by atoms with Crippen molar-refractivity contribution in [1.82, 2.24) is 0 Å². The van der Waals surface area contributed by atoms with Crippen LogP contribution in [-0.4, -0.2) is 24.1 Å². The molecule has 0 N–H and O–H groups in total. The van der Waals surface area contributed by atoms with Gasteiger partial charge < -0.3 is 9.47 Å². The van der Waals surface area contributed by atoms with E-state index >= 15 is 0 Å². The summed E-state index contributed by atoms with van der Waals surface area (Å²) < 4.78 is 11.4. The molecule has 0 unspecified atom stereocenters. The summed E-state index contributed by atoms with van der Waals surface area (Å²) >= 11 is 0. The third kappa shape index (κ3) is 5.18. The zero-order valence-corrected chi connectivity index (χ0v) is 17.2. The van der Waals surface area contributed by atoms with Crippen molar-refractivity contribution in [3.8, 4) is 0 Å². The molecule has 2 fully saturated rings. The van der Waals surface area contributed by atoms with Gasteiger partial charge in [-0.1, -0.05) is 47.5 Å². The Morgan fingerprint density at radius 3 is 1.23 bits per heavy atom. The molecule has 0 amide bonds.